The SMILES string of the molecule is CN(CCCCCc1ccc2c(c1)n(C)c(=O)n2C1CCC(=O)NC1=O)CC1CCC(NC(=O)[C@@H]2NC3(CCCCC3)[C@@]3(C(=O)Nc4cc(Cl)ccc43)[C@H]2c2cccc(Cl)c2F)CC1. The highest BCUT2D eigenvalue weighted by Crippen LogP contribution is 2.63. The van der Waals surface area contributed by atoms with Gasteiger partial charge in [-0.15, -0.1) is 0 Å². The molecule has 2 saturated carbocycles. The zero-order valence-electron chi connectivity index (χ0n) is 36.6. The van der Waals surface area contributed by atoms with E-state index in [1.54, 1.807) is 35.9 Å². The lowest BCUT2D eigenvalue weighted by Crippen LogP contribution is -2.60. The Morgan fingerprint density at radius 2 is 1.69 bits per heavy atom. The number of imide groups is 1. The number of nitrogens with zero attached hydrogens (tertiary/aromatic N) is 3. The summed E-state index contributed by atoms with van der Waals surface area (Å²) in [6.07, 6.45) is 12.4. The topological polar surface area (TPSA) is 147 Å². The van der Waals surface area contributed by atoms with Crippen LogP contribution in [0, 0.1) is 11.7 Å². The molecule has 2 spiro atoms. The van der Waals surface area contributed by atoms with Gasteiger partial charge in [-0.2, -0.15) is 0 Å². The van der Waals surface area contributed by atoms with E-state index in [1.165, 1.54) is 10.6 Å². The third-order valence-electron chi connectivity index (χ3n) is 15.2. The van der Waals surface area contributed by atoms with Crippen LogP contribution in [0.5, 0.6) is 0 Å². The number of amides is 4. The molecule has 12 nitrogen and oxygen atoms in total. The van der Waals surface area contributed by atoms with Crippen molar-refractivity contribution in [3.05, 3.63) is 97.6 Å². The molecule has 3 aromatic carbocycles. The van der Waals surface area contributed by atoms with Crippen molar-refractivity contribution >= 4 is 63.6 Å². The Morgan fingerprint density at radius 3 is 2.45 bits per heavy atom. The molecule has 0 bridgehead atoms. The van der Waals surface area contributed by atoms with Crippen molar-refractivity contribution in [1.82, 2.24) is 30.0 Å². The van der Waals surface area contributed by atoms with Crippen LogP contribution in [-0.4, -0.2) is 75.4 Å². The summed E-state index contributed by atoms with van der Waals surface area (Å²) in [5.41, 5.74) is 1.95. The first kappa shape index (κ1) is 44.6. The highest BCUT2D eigenvalue weighted by molar-refractivity contribution is 6.31. The molecule has 15 heteroatoms. The summed E-state index contributed by atoms with van der Waals surface area (Å²) < 4.78 is 19.4. The number of imidazole rings is 1. The van der Waals surface area contributed by atoms with Crippen molar-refractivity contribution in [3.8, 4) is 0 Å². The lowest BCUT2D eigenvalue weighted by atomic mass is 9.55. The third kappa shape index (κ3) is 7.87. The molecule has 2 saturated heterocycles. The molecule has 4 amide bonds. The molecular formula is C49H58Cl2FN7O5. The third-order valence-corrected chi connectivity index (χ3v) is 15.8. The molecule has 64 heavy (non-hydrogen) atoms. The minimum Gasteiger partial charge on any atom is -0.352 e. The maximum Gasteiger partial charge on any atom is 0.329 e. The highest BCUT2D eigenvalue weighted by atomic mass is 35.5. The molecule has 9 rings (SSSR count). The van der Waals surface area contributed by atoms with Gasteiger partial charge in [0, 0.05) is 48.2 Å². The molecule has 1 aromatic heterocycles. The van der Waals surface area contributed by atoms with Gasteiger partial charge in [0.05, 0.1) is 22.1 Å². The van der Waals surface area contributed by atoms with Crippen LogP contribution in [0.1, 0.15) is 119 Å². The fraction of sp³-hybridized carbons (Fsp3) is 0.531. The average molecular weight is 915 g/mol. The molecule has 4 fully saturated rings. The molecule has 4 heterocycles. The first-order valence-electron chi connectivity index (χ1n) is 23.2. The van der Waals surface area contributed by atoms with Crippen molar-refractivity contribution in [2.24, 2.45) is 13.0 Å². The number of unbranched alkanes of at least 4 members (excludes halogenated alkanes) is 2. The zero-order valence-corrected chi connectivity index (χ0v) is 38.1. The Balaban J connectivity index is 0.795. The number of piperidine rings is 1. The highest BCUT2D eigenvalue weighted by Gasteiger charge is 2.72. The van der Waals surface area contributed by atoms with Crippen molar-refractivity contribution in [3.63, 3.8) is 0 Å². The van der Waals surface area contributed by atoms with Gasteiger partial charge >= 0.3 is 5.69 Å². The molecule has 3 aliphatic heterocycles. The van der Waals surface area contributed by atoms with Crippen molar-refractivity contribution in [2.75, 3.05) is 25.5 Å². The number of benzene rings is 3. The second-order valence-electron chi connectivity index (χ2n) is 19.1. The van der Waals surface area contributed by atoms with Gasteiger partial charge in [0.1, 0.15) is 17.3 Å². The van der Waals surface area contributed by atoms with Gasteiger partial charge in [0.2, 0.25) is 23.6 Å². The van der Waals surface area contributed by atoms with E-state index in [1.807, 2.05) is 24.3 Å². The van der Waals surface area contributed by atoms with Crippen LogP contribution in [0.4, 0.5) is 10.1 Å². The number of anilines is 1. The molecule has 4 aromatic rings. The van der Waals surface area contributed by atoms with Crippen LogP contribution >= 0.6 is 23.2 Å². The summed E-state index contributed by atoms with van der Waals surface area (Å²) in [6.45, 7) is 1.97. The van der Waals surface area contributed by atoms with E-state index in [-0.39, 0.29) is 46.5 Å². The smallest absolute Gasteiger partial charge is 0.329 e. The predicted octanol–water partition coefficient (Wildman–Crippen LogP) is 7.43. The summed E-state index contributed by atoms with van der Waals surface area (Å²) in [5, 5.41) is 13.0. The molecule has 340 valence electrons. The van der Waals surface area contributed by atoms with Crippen LogP contribution in [0.2, 0.25) is 10.0 Å². The standard InChI is InChI=1S/C49H58Cl2FN7O5/c1-57(25-8-3-5-10-29-15-20-37-39(26-29)58(2)47(64)59(37)38-21-22-40(60)55-44(38)61)28-30-13-17-32(18-14-30)53-45(62)43-41(33-11-9-12-35(51)42(33)52)49(48(56-43)23-6-4-7-24-48)34-19-16-31(50)27-36(34)54-46(49)63/h9,11-12,15-16,19-20,26-27,30,32,38,41,43,56H,3-8,10,13-14,17-18,21-25,28H2,1-2H3,(H,53,62)(H,54,63)(H,55,60,61)/t30?,32?,38?,41-,43+,49+/m0/s1. The summed E-state index contributed by atoms with van der Waals surface area (Å²) >= 11 is 12.9. The van der Waals surface area contributed by atoms with Gasteiger partial charge in [-0.3, -0.25) is 38.9 Å². The minimum atomic E-state index is -1.26. The Hall–Kier alpha value is -4.56. The van der Waals surface area contributed by atoms with E-state index in [2.05, 4.69) is 33.2 Å². The molecule has 1 unspecified atom stereocenters. The number of halogens is 3. The number of hydrogen-bond acceptors (Lipinski definition) is 7. The van der Waals surface area contributed by atoms with Gasteiger partial charge in [0.15, 0.2) is 0 Å². The maximum atomic E-state index is 16.3. The van der Waals surface area contributed by atoms with Crippen LogP contribution < -0.4 is 27.0 Å². The van der Waals surface area contributed by atoms with Gasteiger partial charge in [-0.05, 0) is 131 Å². The van der Waals surface area contributed by atoms with Crippen molar-refractivity contribution in [1.29, 1.82) is 0 Å². The Kier molecular flexibility index (Phi) is 12.6. The minimum absolute atomic E-state index is 0.0271. The summed E-state index contributed by atoms with van der Waals surface area (Å²) in [4.78, 5) is 69.2. The van der Waals surface area contributed by atoms with Crippen LogP contribution in [-0.2, 0) is 38.1 Å². The van der Waals surface area contributed by atoms with Crippen molar-refractivity contribution < 1.29 is 23.6 Å². The maximum absolute atomic E-state index is 16.3. The number of carbonyl (C=O) groups excluding carboxylic acids is 4. The van der Waals surface area contributed by atoms with E-state index in [0.29, 0.717) is 41.4 Å². The molecule has 4 N–H and O–H groups in total. The fourth-order valence-corrected chi connectivity index (χ4v) is 12.6. The summed E-state index contributed by atoms with van der Waals surface area (Å²) in [6, 6.07) is 14.7. The number of fused-ring (bicyclic) bond motifs is 4. The van der Waals surface area contributed by atoms with Gasteiger partial charge < -0.3 is 15.5 Å². The number of rotatable bonds is 12. The van der Waals surface area contributed by atoms with E-state index < -0.39 is 40.7 Å². The van der Waals surface area contributed by atoms with Gasteiger partial charge in [-0.1, -0.05) is 73.2 Å². The lowest BCUT2D eigenvalue weighted by Gasteiger charge is -2.47. The monoisotopic (exact) mass is 913 g/mol. The van der Waals surface area contributed by atoms with Gasteiger partial charge in [0.25, 0.3) is 0 Å². The largest absolute Gasteiger partial charge is 0.352 e. The number of carbonyl (C=O) groups is 4. The lowest BCUT2D eigenvalue weighted by molar-refractivity contribution is -0.136. The van der Waals surface area contributed by atoms with Gasteiger partial charge in [-0.25, -0.2) is 9.18 Å². The van der Waals surface area contributed by atoms with Crippen molar-refractivity contribution in [2.45, 2.75) is 131 Å². The Morgan fingerprint density at radius 1 is 0.906 bits per heavy atom. The van der Waals surface area contributed by atoms with E-state index in [4.69, 9.17) is 23.2 Å². The van der Waals surface area contributed by atoms with E-state index in [0.717, 1.165) is 100 Å². The van der Waals surface area contributed by atoms with Crippen LogP contribution in [0.3, 0.4) is 0 Å². The van der Waals surface area contributed by atoms with Crippen LogP contribution in [0.25, 0.3) is 11.0 Å². The number of hydrogen-bond donors (Lipinski definition) is 4. The second-order valence-corrected chi connectivity index (χ2v) is 20.0. The average Bonchev–Trinajstić information content (AvgIpc) is 3.82. The summed E-state index contributed by atoms with van der Waals surface area (Å²) in [7, 11) is 3.90. The first-order chi connectivity index (χ1) is 30.8. The Bertz CT molecular complexity index is 2550. The molecule has 2 aliphatic carbocycles. The van der Waals surface area contributed by atoms with E-state index >= 15 is 4.39 Å². The first-order valence-corrected chi connectivity index (χ1v) is 23.9. The second kappa shape index (κ2) is 18.0. The molecule has 4 atom stereocenters. The molecule has 0 radical (unpaired) electrons. The van der Waals surface area contributed by atoms with E-state index in [9.17, 15) is 24.0 Å². The number of aryl methyl sites for hydroxylation is 2. The number of nitrogens with one attached hydrogen (secondary N) is 4. The van der Waals surface area contributed by atoms with Crippen LogP contribution in [0.15, 0.2) is 59.4 Å². The Labute approximate surface area is 383 Å². The normalized spacial score (nSPS) is 26.5. The summed E-state index contributed by atoms with van der Waals surface area (Å²) in [5.74, 6) is -2.13. The zero-order chi connectivity index (χ0) is 44.9. The molecular weight excluding hydrogens is 856 g/mol. The molecule has 5 aliphatic rings. The quantitative estimate of drug-likeness (QED) is 0.0855. The predicted molar refractivity (Wildman–Crippen MR) is 246 cm³/mol. The fourth-order valence-electron chi connectivity index (χ4n) is 12.2. The number of aromatic nitrogens is 2.